The Bertz CT molecular complexity index is 1030. The predicted octanol–water partition coefficient (Wildman–Crippen LogP) is -1.42. The molecule has 43 heavy (non-hydrogen) atoms. The molecular weight excluding hydrogens is 562 g/mol. The number of hydrogen-bond acceptors (Lipinski definition) is 8. The van der Waals surface area contributed by atoms with Crippen molar-refractivity contribution in [1.29, 1.82) is 0 Å². The second-order valence-corrected chi connectivity index (χ2v) is 12.1. The molecule has 1 rings (SSSR count). The first-order chi connectivity index (χ1) is 20.0. The molecule has 15 heteroatoms. The number of nitrogens with zero attached hydrogens (tertiary/aromatic N) is 1. The quantitative estimate of drug-likeness (QED) is 0.102. The first kappa shape index (κ1) is 37.3. The van der Waals surface area contributed by atoms with Gasteiger partial charge in [0.15, 0.2) is 0 Å². The zero-order valence-corrected chi connectivity index (χ0v) is 26.0. The summed E-state index contributed by atoms with van der Waals surface area (Å²) in [6.45, 7) is 10.3. The van der Waals surface area contributed by atoms with Crippen LogP contribution in [0.3, 0.4) is 0 Å². The van der Waals surface area contributed by atoms with Crippen LogP contribution in [0, 0.1) is 17.8 Å². The van der Waals surface area contributed by atoms with E-state index in [1.807, 2.05) is 13.8 Å². The molecule has 0 spiro atoms. The minimum Gasteiger partial charge on any atom is -0.480 e. The lowest BCUT2D eigenvalue weighted by atomic mass is 9.98. The number of rotatable bonds is 17. The Kier molecular flexibility index (Phi) is 15.1. The van der Waals surface area contributed by atoms with Gasteiger partial charge in [-0.05, 0) is 43.4 Å². The summed E-state index contributed by atoms with van der Waals surface area (Å²) < 4.78 is 0. The van der Waals surface area contributed by atoms with Crippen molar-refractivity contribution in [3.63, 3.8) is 0 Å². The van der Waals surface area contributed by atoms with Crippen LogP contribution in [0.15, 0.2) is 0 Å². The molecule has 1 aliphatic rings. The average molecular weight is 612 g/mol. The largest absolute Gasteiger partial charge is 0.480 e. The zero-order valence-electron chi connectivity index (χ0n) is 26.0. The maximum absolute atomic E-state index is 13.5. The maximum atomic E-state index is 13.5. The van der Waals surface area contributed by atoms with Crippen LogP contribution in [0.25, 0.3) is 0 Å². The number of carbonyl (C=O) groups excluding carboxylic acids is 6. The second-order valence-electron chi connectivity index (χ2n) is 12.1. The Morgan fingerprint density at radius 1 is 0.860 bits per heavy atom. The topological polar surface area (TPSA) is 243 Å². The van der Waals surface area contributed by atoms with E-state index in [0.29, 0.717) is 12.8 Å². The Hall–Kier alpha value is -3.75. The number of carboxylic acid groups (broad SMARTS) is 1. The van der Waals surface area contributed by atoms with Gasteiger partial charge in [-0.15, -0.1) is 0 Å². The van der Waals surface area contributed by atoms with Gasteiger partial charge in [-0.1, -0.05) is 41.5 Å². The molecule has 0 bridgehead atoms. The van der Waals surface area contributed by atoms with E-state index in [9.17, 15) is 33.6 Å². The van der Waals surface area contributed by atoms with E-state index >= 15 is 0 Å². The molecule has 5 atom stereocenters. The molecule has 1 fully saturated rings. The van der Waals surface area contributed by atoms with E-state index in [2.05, 4.69) is 21.3 Å². The number of aliphatic carboxylic acids is 1. The molecule has 15 nitrogen and oxygen atoms in total. The van der Waals surface area contributed by atoms with Crippen molar-refractivity contribution in [2.45, 2.75) is 104 Å². The van der Waals surface area contributed by atoms with E-state index in [4.69, 9.17) is 16.6 Å². The summed E-state index contributed by atoms with van der Waals surface area (Å²) in [4.78, 5) is 89.2. The number of amides is 6. The fourth-order valence-electron chi connectivity index (χ4n) is 4.65. The third-order valence-corrected chi connectivity index (χ3v) is 7.15. The minimum absolute atomic E-state index is 0.0227. The van der Waals surface area contributed by atoms with Crippen LogP contribution in [-0.2, 0) is 33.6 Å². The molecule has 0 saturated carbocycles. The number of primary amides is 1. The Morgan fingerprint density at radius 3 is 1.98 bits per heavy atom. The number of nitrogens with two attached hydrogens (primary N) is 2. The van der Waals surface area contributed by atoms with Crippen LogP contribution in [0.5, 0.6) is 0 Å². The average Bonchev–Trinajstić information content (AvgIpc) is 3.40. The van der Waals surface area contributed by atoms with Crippen molar-refractivity contribution in [2.75, 3.05) is 13.1 Å². The molecule has 1 heterocycles. The van der Waals surface area contributed by atoms with E-state index in [1.165, 1.54) is 4.90 Å². The van der Waals surface area contributed by atoms with Crippen molar-refractivity contribution in [3.8, 4) is 0 Å². The molecule has 244 valence electrons. The van der Waals surface area contributed by atoms with Crippen LogP contribution >= 0.6 is 0 Å². The van der Waals surface area contributed by atoms with Gasteiger partial charge in [0.1, 0.15) is 30.7 Å². The highest BCUT2D eigenvalue weighted by Gasteiger charge is 2.39. The second kappa shape index (κ2) is 17.4. The van der Waals surface area contributed by atoms with Crippen molar-refractivity contribution in [1.82, 2.24) is 26.2 Å². The standard InChI is InChI=1S/C28H49N7O8/c1-14(2)12-18(33-26(41)22(30)15(3)4)24(39)34-23(16(5)6)27(42)32-17(9-10-20(29)36)28(43)35-11-7-8-19(35)25(40)31-13-21(37)38/h14-19,22-23H,7-13,30H2,1-6H3,(H2,29,36)(H,31,40)(H,32,42)(H,33,41)(H,34,39)(H,37,38)/t17-,18-,19-,22-,23-/m0/s1. The summed E-state index contributed by atoms with van der Waals surface area (Å²) in [7, 11) is 0. The highest BCUT2D eigenvalue weighted by Crippen LogP contribution is 2.20. The van der Waals surface area contributed by atoms with Crippen LogP contribution in [0.1, 0.15) is 73.6 Å². The van der Waals surface area contributed by atoms with E-state index < -0.39 is 84.1 Å². The smallest absolute Gasteiger partial charge is 0.322 e. The summed E-state index contributed by atoms with van der Waals surface area (Å²) in [5.41, 5.74) is 11.3. The third kappa shape index (κ3) is 12.2. The Morgan fingerprint density at radius 2 is 1.47 bits per heavy atom. The number of likely N-dealkylation sites (tertiary alicyclic amines) is 1. The first-order valence-corrected chi connectivity index (χ1v) is 14.7. The molecule has 0 aliphatic carbocycles. The number of hydrogen-bond donors (Lipinski definition) is 7. The summed E-state index contributed by atoms with van der Waals surface area (Å²) in [5, 5.41) is 19.1. The maximum Gasteiger partial charge on any atom is 0.322 e. The van der Waals surface area contributed by atoms with Gasteiger partial charge in [-0.3, -0.25) is 33.6 Å². The van der Waals surface area contributed by atoms with Gasteiger partial charge >= 0.3 is 5.97 Å². The first-order valence-electron chi connectivity index (χ1n) is 14.7. The normalized spacial score (nSPS) is 17.6. The van der Waals surface area contributed by atoms with Gasteiger partial charge in [-0.2, -0.15) is 0 Å². The molecule has 9 N–H and O–H groups in total. The van der Waals surface area contributed by atoms with E-state index in [0.717, 1.165) is 0 Å². The molecule has 0 aromatic heterocycles. The zero-order chi connectivity index (χ0) is 33.0. The van der Waals surface area contributed by atoms with Crippen LogP contribution in [0.2, 0.25) is 0 Å². The van der Waals surface area contributed by atoms with Crippen molar-refractivity contribution < 1.29 is 38.7 Å². The van der Waals surface area contributed by atoms with Gasteiger partial charge in [0, 0.05) is 13.0 Å². The van der Waals surface area contributed by atoms with Crippen molar-refractivity contribution in [3.05, 3.63) is 0 Å². The minimum atomic E-state index is -1.25. The lowest BCUT2D eigenvalue weighted by Gasteiger charge is -2.31. The van der Waals surface area contributed by atoms with Crippen LogP contribution < -0.4 is 32.7 Å². The van der Waals surface area contributed by atoms with E-state index in [1.54, 1.807) is 27.7 Å². The molecule has 0 radical (unpaired) electrons. The summed E-state index contributed by atoms with van der Waals surface area (Å²) >= 11 is 0. The predicted molar refractivity (Wildman–Crippen MR) is 157 cm³/mol. The summed E-state index contributed by atoms with van der Waals surface area (Å²) in [6, 6.07) is -5.10. The van der Waals surface area contributed by atoms with Crippen molar-refractivity contribution in [2.24, 2.45) is 29.2 Å². The lowest BCUT2D eigenvalue weighted by molar-refractivity contribution is -0.143. The van der Waals surface area contributed by atoms with Gasteiger partial charge in [0.2, 0.25) is 35.4 Å². The highest BCUT2D eigenvalue weighted by molar-refractivity contribution is 5.96. The number of carboxylic acids is 1. The van der Waals surface area contributed by atoms with Crippen LogP contribution in [0.4, 0.5) is 0 Å². The van der Waals surface area contributed by atoms with Gasteiger partial charge in [-0.25, -0.2) is 0 Å². The summed E-state index contributed by atoms with van der Waals surface area (Å²) in [6.07, 6.45) is 0.660. The SMILES string of the molecule is CC(C)C[C@H](NC(=O)[C@@H](N)C(C)C)C(=O)N[C@H](C(=O)N[C@@H](CCC(N)=O)C(=O)N1CCC[C@H]1C(=O)NCC(=O)O)C(C)C. The van der Waals surface area contributed by atoms with Gasteiger partial charge in [0.05, 0.1) is 6.04 Å². The van der Waals surface area contributed by atoms with E-state index in [-0.39, 0.29) is 37.6 Å². The lowest BCUT2D eigenvalue weighted by Crippen LogP contribution is -2.60. The highest BCUT2D eigenvalue weighted by atomic mass is 16.4. The number of carbonyl (C=O) groups is 7. The molecule has 6 amide bonds. The molecular formula is C28H49N7O8. The summed E-state index contributed by atoms with van der Waals surface area (Å²) in [5.74, 6) is -5.59. The van der Waals surface area contributed by atoms with Crippen LogP contribution in [-0.4, -0.2) is 94.7 Å². The number of nitrogens with one attached hydrogen (secondary N) is 4. The van der Waals surface area contributed by atoms with Gasteiger partial charge in [0.25, 0.3) is 0 Å². The monoisotopic (exact) mass is 611 g/mol. The molecule has 1 saturated heterocycles. The van der Waals surface area contributed by atoms with Gasteiger partial charge < -0.3 is 42.7 Å². The Balaban J connectivity index is 3.15. The Labute approximate surface area is 252 Å². The third-order valence-electron chi connectivity index (χ3n) is 7.15. The fourth-order valence-corrected chi connectivity index (χ4v) is 4.65. The molecule has 0 unspecified atom stereocenters. The molecule has 0 aromatic carbocycles. The molecule has 0 aromatic rings. The molecule has 1 aliphatic heterocycles. The fraction of sp³-hybridized carbons (Fsp3) is 0.750. The van der Waals surface area contributed by atoms with Crippen molar-refractivity contribution >= 4 is 41.4 Å².